The Kier molecular flexibility index (Phi) is 14.1. The van der Waals surface area contributed by atoms with Crippen molar-refractivity contribution in [3.63, 3.8) is 0 Å². The molecule has 2 saturated heterocycles. The van der Waals surface area contributed by atoms with Crippen molar-refractivity contribution in [3.05, 3.63) is 107 Å². The minimum absolute atomic E-state index is 0.234. The fourth-order valence-electron chi connectivity index (χ4n) is 7.51. The Hall–Kier alpha value is -5.84. The summed E-state index contributed by atoms with van der Waals surface area (Å²) in [4.78, 5) is 35.4. The molecule has 2 aliphatic heterocycles. The van der Waals surface area contributed by atoms with Crippen molar-refractivity contribution >= 4 is 23.2 Å². The molecule has 328 valence electrons. The number of carbonyl (C=O) groups excluding carboxylic acids is 2. The van der Waals surface area contributed by atoms with Crippen molar-refractivity contribution in [1.29, 1.82) is 0 Å². The molecule has 2 heterocycles. The second kappa shape index (κ2) is 19.3. The lowest BCUT2D eigenvalue weighted by Gasteiger charge is -2.38. The predicted octanol–water partition coefficient (Wildman–Crippen LogP) is 8.04. The molecular formula is C44H48F6N4O7. The second-order valence-corrected chi connectivity index (χ2v) is 14.6. The number of piperazine rings is 2. The maximum Gasteiger partial charge on any atom is 0.416 e. The van der Waals surface area contributed by atoms with E-state index in [-0.39, 0.29) is 35.8 Å². The standard InChI is InChI=1S/C44H48F6N4O7/c1-57-35-15-13-33(25-39(35)59-3)51-17-21-53(22-18-51)41(55)27-37(29-5-9-31(10-6-29)43(45,46)47)61-38(30-7-11-32(12-8-30)44(48,49)50)28-42(56)54-23-19-52(20-24-54)34-14-16-36(58-2)40(26-34)60-4/h5-16,25-26,37-38H,17-24,27-28H2,1-4H3. The Balaban J connectivity index is 1.21. The van der Waals surface area contributed by atoms with Gasteiger partial charge in [0.1, 0.15) is 0 Å². The van der Waals surface area contributed by atoms with Crippen LogP contribution in [0.2, 0.25) is 0 Å². The molecule has 0 radical (unpaired) electrons. The number of ether oxygens (including phenoxy) is 5. The van der Waals surface area contributed by atoms with Gasteiger partial charge in [0.2, 0.25) is 11.8 Å². The van der Waals surface area contributed by atoms with Gasteiger partial charge < -0.3 is 43.3 Å². The Morgan fingerprint density at radius 2 is 0.820 bits per heavy atom. The van der Waals surface area contributed by atoms with Gasteiger partial charge >= 0.3 is 12.4 Å². The number of benzene rings is 4. The fourth-order valence-corrected chi connectivity index (χ4v) is 7.51. The monoisotopic (exact) mass is 858 g/mol. The van der Waals surface area contributed by atoms with Crippen LogP contribution in [0, 0.1) is 0 Å². The normalized spacial score (nSPS) is 15.9. The first-order chi connectivity index (χ1) is 29.1. The van der Waals surface area contributed by atoms with Crippen LogP contribution in [0.5, 0.6) is 23.0 Å². The second-order valence-electron chi connectivity index (χ2n) is 14.6. The molecule has 2 unspecified atom stereocenters. The van der Waals surface area contributed by atoms with Crippen LogP contribution in [0.15, 0.2) is 84.9 Å². The molecule has 17 heteroatoms. The highest BCUT2D eigenvalue weighted by molar-refractivity contribution is 5.78. The first-order valence-electron chi connectivity index (χ1n) is 19.6. The lowest BCUT2D eigenvalue weighted by molar-refractivity contribution is -0.141. The molecule has 0 bridgehead atoms. The average molecular weight is 859 g/mol. The van der Waals surface area contributed by atoms with Gasteiger partial charge in [-0.2, -0.15) is 26.3 Å². The van der Waals surface area contributed by atoms with E-state index >= 15 is 0 Å². The van der Waals surface area contributed by atoms with E-state index in [1.54, 1.807) is 21.9 Å². The Labute approximate surface area is 350 Å². The number of hydrogen-bond donors (Lipinski definition) is 0. The van der Waals surface area contributed by atoms with Gasteiger partial charge in [-0.1, -0.05) is 24.3 Å². The Morgan fingerprint density at radius 1 is 0.492 bits per heavy atom. The van der Waals surface area contributed by atoms with Gasteiger partial charge in [-0.05, 0) is 59.7 Å². The molecule has 4 aromatic rings. The number of amides is 2. The van der Waals surface area contributed by atoms with Crippen molar-refractivity contribution in [1.82, 2.24) is 9.80 Å². The predicted molar refractivity (Wildman–Crippen MR) is 215 cm³/mol. The largest absolute Gasteiger partial charge is 0.493 e. The lowest BCUT2D eigenvalue weighted by Crippen LogP contribution is -2.49. The van der Waals surface area contributed by atoms with Gasteiger partial charge in [0.15, 0.2) is 23.0 Å². The number of carbonyl (C=O) groups is 2. The van der Waals surface area contributed by atoms with E-state index in [4.69, 9.17) is 23.7 Å². The molecule has 6 rings (SSSR count). The van der Waals surface area contributed by atoms with Gasteiger partial charge in [-0.25, -0.2) is 0 Å². The number of alkyl halides is 6. The summed E-state index contributed by atoms with van der Waals surface area (Å²) in [5.74, 6) is 1.54. The average Bonchev–Trinajstić information content (AvgIpc) is 3.27. The molecule has 11 nitrogen and oxygen atoms in total. The van der Waals surface area contributed by atoms with Gasteiger partial charge in [-0.15, -0.1) is 0 Å². The summed E-state index contributed by atoms with van der Waals surface area (Å²) in [5, 5.41) is 0. The van der Waals surface area contributed by atoms with E-state index in [1.165, 1.54) is 52.7 Å². The number of nitrogens with zero attached hydrogens (tertiary/aromatic N) is 4. The van der Waals surface area contributed by atoms with Gasteiger partial charge in [0.25, 0.3) is 0 Å². The third-order valence-electron chi connectivity index (χ3n) is 11.0. The third-order valence-corrected chi connectivity index (χ3v) is 11.0. The molecule has 2 fully saturated rings. The molecule has 61 heavy (non-hydrogen) atoms. The zero-order valence-electron chi connectivity index (χ0n) is 34.2. The molecule has 0 saturated carbocycles. The summed E-state index contributed by atoms with van der Waals surface area (Å²) in [6, 6.07) is 19.4. The number of halogens is 6. The summed E-state index contributed by atoms with van der Waals surface area (Å²) < 4.78 is 110. The van der Waals surface area contributed by atoms with Gasteiger partial charge in [-0.3, -0.25) is 9.59 Å². The topological polar surface area (TPSA) is 93.3 Å². The lowest BCUT2D eigenvalue weighted by atomic mass is 10.00. The van der Waals surface area contributed by atoms with Crippen LogP contribution in [-0.2, 0) is 26.7 Å². The zero-order valence-corrected chi connectivity index (χ0v) is 34.2. The van der Waals surface area contributed by atoms with Crippen LogP contribution < -0.4 is 28.7 Å². The fraction of sp³-hybridized carbons (Fsp3) is 0.409. The molecule has 0 aromatic heterocycles. The highest BCUT2D eigenvalue weighted by Crippen LogP contribution is 2.38. The zero-order chi connectivity index (χ0) is 43.9. The number of hydrogen-bond acceptors (Lipinski definition) is 9. The first kappa shape index (κ1) is 44.7. The summed E-state index contributed by atoms with van der Waals surface area (Å²) in [6.07, 6.45) is -12.2. The first-order valence-corrected chi connectivity index (χ1v) is 19.6. The van der Waals surface area contributed by atoms with Crippen molar-refractivity contribution < 1.29 is 59.6 Å². The Morgan fingerprint density at radius 3 is 1.11 bits per heavy atom. The van der Waals surface area contributed by atoms with E-state index in [0.29, 0.717) is 75.4 Å². The minimum atomic E-state index is -4.63. The SMILES string of the molecule is COc1ccc(N2CCN(C(=O)CC(OC(CC(=O)N3CCN(c4ccc(OC)c(OC)c4)CC3)c3ccc(C(F)(F)F)cc3)c3ccc(C(F)(F)F)cc3)CC2)cc1OC. The molecule has 4 aromatic carbocycles. The molecule has 2 amide bonds. The van der Waals surface area contributed by atoms with Crippen LogP contribution in [0.25, 0.3) is 0 Å². The maximum atomic E-state index is 14.0. The van der Waals surface area contributed by atoms with E-state index in [1.807, 2.05) is 24.3 Å². The number of rotatable bonds is 14. The molecular weight excluding hydrogens is 810 g/mol. The van der Waals surface area contributed by atoms with Crippen molar-refractivity contribution in [2.24, 2.45) is 0 Å². The quantitative estimate of drug-likeness (QED) is 0.117. The number of anilines is 2. The molecule has 2 aliphatic rings. The maximum absolute atomic E-state index is 14.0. The van der Waals surface area contributed by atoms with Crippen LogP contribution in [0.1, 0.15) is 47.3 Å². The highest BCUT2D eigenvalue weighted by Gasteiger charge is 2.34. The molecule has 0 spiro atoms. The van der Waals surface area contributed by atoms with Gasteiger partial charge in [0.05, 0.1) is 64.6 Å². The van der Waals surface area contributed by atoms with Crippen molar-refractivity contribution in [3.8, 4) is 23.0 Å². The summed E-state index contributed by atoms with van der Waals surface area (Å²) in [6.45, 7) is 3.16. The van der Waals surface area contributed by atoms with Gasteiger partial charge in [0, 0.05) is 75.9 Å². The highest BCUT2D eigenvalue weighted by atomic mass is 19.4. The van der Waals surface area contributed by atoms with Crippen LogP contribution in [-0.4, -0.2) is 102 Å². The molecule has 0 aliphatic carbocycles. The van der Waals surface area contributed by atoms with Crippen LogP contribution in [0.4, 0.5) is 37.7 Å². The summed E-state index contributed by atoms with van der Waals surface area (Å²) in [5.41, 5.74) is 0.379. The van der Waals surface area contributed by atoms with E-state index < -0.39 is 35.7 Å². The molecule has 2 atom stereocenters. The smallest absolute Gasteiger partial charge is 0.416 e. The van der Waals surface area contributed by atoms with E-state index in [2.05, 4.69) is 9.80 Å². The third kappa shape index (κ3) is 10.9. The molecule has 0 N–H and O–H groups in total. The number of methoxy groups -OCH3 is 4. The summed E-state index contributed by atoms with van der Waals surface area (Å²) in [7, 11) is 6.15. The van der Waals surface area contributed by atoms with E-state index in [0.717, 1.165) is 35.6 Å². The summed E-state index contributed by atoms with van der Waals surface area (Å²) >= 11 is 0. The van der Waals surface area contributed by atoms with Crippen molar-refractivity contribution in [2.75, 3.05) is 90.6 Å². The van der Waals surface area contributed by atoms with Crippen LogP contribution >= 0.6 is 0 Å². The Bertz CT molecular complexity index is 1950. The minimum Gasteiger partial charge on any atom is -0.493 e. The van der Waals surface area contributed by atoms with Crippen LogP contribution in [0.3, 0.4) is 0 Å². The van der Waals surface area contributed by atoms with E-state index in [9.17, 15) is 35.9 Å². The van der Waals surface area contributed by atoms with Crippen molar-refractivity contribution in [2.45, 2.75) is 37.4 Å².